The maximum atomic E-state index is 10.6. The second-order valence-corrected chi connectivity index (χ2v) is 3.74. The third-order valence-electron chi connectivity index (χ3n) is 2.54. The fourth-order valence-corrected chi connectivity index (χ4v) is 1.60. The van der Waals surface area contributed by atoms with Gasteiger partial charge < -0.3 is 5.11 Å². The second kappa shape index (κ2) is 3.74. The quantitative estimate of drug-likeness (QED) is 0.643. The third kappa shape index (κ3) is 2.10. The van der Waals surface area contributed by atoms with E-state index in [1.54, 1.807) is 0 Å². The van der Waals surface area contributed by atoms with Crippen molar-refractivity contribution in [3.8, 4) is 0 Å². The van der Waals surface area contributed by atoms with Crippen LogP contribution in [0.3, 0.4) is 0 Å². The molecule has 68 valence electrons. The Labute approximate surface area is 73.3 Å². The van der Waals surface area contributed by atoms with Crippen LogP contribution in [0.15, 0.2) is 11.6 Å². The van der Waals surface area contributed by atoms with E-state index in [0.717, 1.165) is 19.3 Å². The third-order valence-corrected chi connectivity index (χ3v) is 2.54. The molecule has 0 amide bonds. The minimum Gasteiger partial charge on any atom is -0.481 e. The fourth-order valence-electron chi connectivity index (χ4n) is 1.60. The van der Waals surface area contributed by atoms with Gasteiger partial charge in [-0.2, -0.15) is 0 Å². The van der Waals surface area contributed by atoms with Crippen molar-refractivity contribution in [1.82, 2.24) is 0 Å². The van der Waals surface area contributed by atoms with Gasteiger partial charge in [0.1, 0.15) is 0 Å². The van der Waals surface area contributed by atoms with Gasteiger partial charge in [-0.3, -0.25) is 4.79 Å². The van der Waals surface area contributed by atoms with Crippen molar-refractivity contribution in [3.63, 3.8) is 0 Å². The molecule has 0 fully saturated rings. The van der Waals surface area contributed by atoms with E-state index >= 15 is 0 Å². The molecular weight excluding hydrogens is 152 g/mol. The van der Waals surface area contributed by atoms with Crippen LogP contribution in [0, 0.1) is 11.8 Å². The number of rotatable bonds is 2. The molecular formula is C10H16O2. The zero-order valence-corrected chi connectivity index (χ0v) is 7.71. The van der Waals surface area contributed by atoms with Crippen molar-refractivity contribution in [2.75, 3.05) is 0 Å². The summed E-state index contributed by atoms with van der Waals surface area (Å²) in [6.45, 7) is 4.32. The van der Waals surface area contributed by atoms with Gasteiger partial charge in [-0.25, -0.2) is 0 Å². The van der Waals surface area contributed by atoms with Gasteiger partial charge in [-0.15, -0.1) is 0 Å². The number of carbonyl (C=O) groups is 1. The molecule has 1 aliphatic rings. The molecule has 0 heterocycles. The number of hydrogen-bond donors (Lipinski definition) is 1. The lowest BCUT2D eigenvalue weighted by Gasteiger charge is -2.20. The molecule has 1 N–H and O–H groups in total. The summed E-state index contributed by atoms with van der Waals surface area (Å²) in [5.41, 5.74) is 1.42. The first-order valence-corrected chi connectivity index (χ1v) is 4.53. The molecule has 0 aliphatic heterocycles. The van der Waals surface area contributed by atoms with Gasteiger partial charge in [0.2, 0.25) is 0 Å². The Morgan fingerprint density at radius 1 is 1.67 bits per heavy atom. The van der Waals surface area contributed by atoms with E-state index in [-0.39, 0.29) is 5.92 Å². The minimum absolute atomic E-state index is 0.132. The topological polar surface area (TPSA) is 37.3 Å². The van der Waals surface area contributed by atoms with Gasteiger partial charge in [-0.05, 0) is 25.2 Å². The van der Waals surface area contributed by atoms with Crippen molar-refractivity contribution >= 4 is 5.97 Å². The lowest BCUT2D eigenvalue weighted by Crippen LogP contribution is -2.17. The molecule has 0 saturated heterocycles. The Bertz CT molecular complexity index is 204. The highest BCUT2D eigenvalue weighted by Gasteiger charge is 2.21. The Balaban J connectivity index is 2.53. The molecule has 0 bridgehead atoms. The molecule has 0 unspecified atom stereocenters. The Hall–Kier alpha value is -0.790. The fraction of sp³-hybridized carbons (Fsp3) is 0.700. The van der Waals surface area contributed by atoms with E-state index < -0.39 is 5.97 Å². The predicted molar refractivity (Wildman–Crippen MR) is 47.9 cm³/mol. The van der Waals surface area contributed by atoms with E-state index in [4.69, 9.17) is 5.11 Å². The minimum atomic E-state index is -0.644. The molecule has 2 nitrogen and oxygen atoms in total. The van der Waals surface area contributed by atoms with Gasteiger partial charge in [0.25, 0.3) is 0 Å². The molecule has 12 heavy (non-hydrogen) atoms. The summed E-state index contributed by atoms with van der Waals surface area (Å²) in [5.74, 6) is -0.193. The van der Waals surface area contributed by atoms with Crippen molar-refractivity contribution in [2.45, 2.75) is 33.1 Å². The number of allylic oxidation sites excluding steroid dienone is 2. The first kappa shape index (κ1) is 9.30. The molecule has 2 heteroatoms. The van der Waals surface area contributed by atoms with Crippen molar-refractivity contribution in [2.24, 2.45) is 11.8 Å². The zero-order chi connectivity index (χ0) is 9.14. The smallest absolute Gasteiger partial charge is 0.306 e. The highest BCUT2D eigenvalue weighted by atomic mass is 16.4. The van der Waals surface area contributed by atoms with Crippen LogP contribution in [0.2, 0.25) is 0 Å². The number of hydrogen-bond acceptors (Lipinski definition) is 1. The van der Waals surface area contributed by atoms with Crippen LogP contribution in [-0.2, 0) is 4.79 Å². The molecule has 0 aromatic rings. The highest BCUT2D eigenvalue weighted by molar-refractivity contribution is 5.70. The van der Waals surface area contributed by atoms with Crippen molar-refractivity contribution < 1.29 is 9.90 Å². The molecule has 0 saturated carbocycles. The van der Waals surface area contributed by atoms with Crippen LogP contribution in [0.1, 0.15) is 33.1 Å². The van der Waals surface area contributed by atoms with E-state index in [9.17, 15) is 4.79 Å². The Morgan fingerprint density at radius 3 is 2.67 bits per heavy atom. The Kier molecular flexibility index (Phi) is 2.90. The molecule has 1 rings (SSSR count). The SMILES string of the molecule is CC(C)C1=CC[C@@H](C(=O)O)CC1. The first-order chi connectivity index (χ1) is 5.61. The van der Waals surface area contributed by atoms with Gasteiger partial charge in [-0.1, -0.05) is 25.5 Å². The monoisotopic (exact) mass is 168 g/mol. The normalized spacial score (nSPS) is 23.9. The first-order valence-electron chi connectivity index (χ1n) is 4.53. The summed E-state index contributed by atoms with van der Waals surface area (Å²) >= 11 is 0. The lowest BCUT2D eigenvalue weighted by atomic mass is 9.85. The molecule has 1 aliphatic carbocycles. The van der Waals surface area contributed by atoms with E-state index in [2.05, 4.69) is 19.9 Å². The van der Waals surface area contributed by atoms with Crippen LogP contribution in [0.25, 0.3) is 0 Å². The average Bonchev–Trinajstić information content (AvgIpc) is 2.04. The largest absolute Gasteiger partial charge is 0.481 e. The molecule has 0 radical (unpaired) electrons. The standard InChI is InChI=1S/C10H16O2/c1-7(2)8-3-5-9(6-4-8)10(11)12/h3,7,9H,4-6H2,1-2H3,(H,11,12)/t9-/m1/s1. The van der Waals surface area contributed by atoms with Gasteiger partial charge in [0.15, 0.2) is 0 Å². The summed E-state index contributed by atoms with van der Waals surface area (Å²) in [5, 5.41) is 8.73. The molecule has 0 spiro atoms. The van der Waals surface area contributed by atoms with Crippen molar-refractivity contribution in [3.05, 3.63) is 11.6 Å². The van der Waals surface area contributed by atoms with Crippen molar-refractivity contribution in [1.29, 1.82) is 0 Å². The summed E-state index contributed by atoms with van der Waals surface area (Å²) in [7, 11) is 0. The second-order valence-electron chi connectivity index (χ2n) is 3.74. The molecule has 1 atom stereocenters. The Morgan fingerprint density at radius 2 is 2.33 bits per heavy atom. The van der Waals surface area contributed by atoms with Crippen LogP contribution in [0.4, 0.5) is 0 Å². The summed E-state index contributed by atoms with van der Waals surface area (Å²) in [6.07, 6.45) is 4.61. The van der Waals surface area contributed by atoms with E-state index in [1.165, 1.54) is 5.57 Å². The van der Waals surface area contributed by atoms with Gasteiger partial charge in [0.05, 0.1) is 5.92 Å². The lowest BCUT2D eigenvalue weighted by molar-refractivity contribution is -0.141. The number of carboxylic acids is 1. The summed E-state index contributed by atoms with van der Waals surface area (Å²) in [4.78, 5) is 10.6. The van der Waals surface area contributed by atoms with E-state index in [0.29, 0.717) is 5.92 Å². The summed E-state index contributed by atoms with van der Waals surface area (Å²) < 4.78 is 0. The average molecular weight is 168 g/mol. The highest BCUT2D eigenvalue weighted by Crippen LogP contribution is 2.27. The van der Waals surface area contributed by atoms with Crippen LogP contribution >= 0.6 is 0 Å². The van der Waals surface area contributed by atoms with Crippen LogP contribution in [-0.4, -0.2) is 11.1 Å². The summed E-state index contributed by atoms with van der Waals surface area (Å²) in [6, 6.07) is 0. The maximum Gasteiger partial charge on any atom is 0.306 e. The van der Waals surface area contributed by atoms with E-state index in [1.807, 2.05) is 0 Å². The molecule has 0 aromatic carbocycles. The van der Waals surface area contributed by atoms with Crippen LogP contribution < -0.4 is 0 Å². The predicted octanol–water partition coefficient (Wildman–Crippen LogP) is 2.45. The maximum absolute atomic E-state index is 10.6. The van der Waals surface area contributed by atoms with Crippen LogP contribution in [0.5, 0.6) is 0 Å². The van der Waals surface area contributed by atoms with Gasteiger partial charge >= 0.3 is 5.97 Å². The van der Waals surface area contributed by atoms with Gasteiger partial charge in [0, 0.05) is 0 Å². The zero-order valence-electron chi connectivity index (χ0n) is 7.71. The number of aliphatic carboxylic acids is 1. The number of carboxylic acid groups (broad SMARTS) is 1. The molecule has 0 aromatic heterocycles.